The Kier molecular flexibility index (Phi) is 8.26. The van der Waals surface area contributed by atoms with E-state index < -0.39 is 0 Å². The van der Waals surface area contributed by atoms with Crippen LogP contribution in [0.2, 0.25) is 0 Å². The summed E-state index contributed by atoms with van der Waals surface area (Å²) < 4.78 is 0. The first-order valence-electron chi connectivity index (χ1n) is 7.95. The molecule has 0 aliphatic carbocycles. The average Bonchev–Trinajstić information content (AvgIpc) is 2.47. The Balaban J connectivity index is 2.24. The van der Waals surface area contributed by atoms with E-state index in [9.17, 15) is 9.59 Å². The molecule has 0 radical (unpaired) electrons. The van der Waals surface area contributed by atoms with Gasteiger partial charge in [0.25, 0.3) is 0 Å². The highest BCUT2D eigenvalue weighted by Gasteiger charge is 2.17. The predicted octanol–water partition coefficient (Wildman–Crippen LogP) is 1.24. The molecule has 0 aromatic heterocycles. The third-order valence-electron chi connectivity index (χ3n) is 3.59. The molecular formula is C15H29N3O2. The number of hydrogen-bond acceptors (Lipinski definition) is 3. The largest absolute Gasteiger partial charge is 0.343 e. The van der Waals surface area contributed by atoms with Gasteiger partial charge in [0.1, 0.15) is 0 Å². The van der Waals surface area contributed by atoms with E-state index in [4.69, 9.17) is 0 Å². The zero-order valence-corrected chi connectivity index (χ0v) is 13.0. The number of hydrogen-bond donors (Lipinski definition) is 1. The average molecular weight is 283 g/mol. The van der Waals surface area contributed by atoms with Crippen molar-refractivity contribution >= 4 is 11.8 Å². The van der Waals surface area contributed by atoms with Gasteiger partial charge in [0.05, 0.1) is 0 Å². The van der Waals surface area contributed by atoms with Crippen LogP contribution in [-0.2, 0) is 9.59 Å². The molecule has 0 aromatic rings. The van der Waals surface area contributed by atoms with E-state index in [1.165, 1.54) is 0 Å². The minimum atomic E-state index is 0.192. The van der Waals surface area contributed by atoms with E-state index in [2.05, 4.69) is 19.2 Å². The minimum absolute atomic E-state index is 0.192. The van der Waals surface area contributed by atoms with Gasteiger partial charge in [-0.05, 0) is 19.3 Å². The third kappa shape index (κ3) is 5.90. The van der Waals surface area contributed by atoms with Crippen LogP contribution in [-0.4, -0.2) is 60.9 Å². The fourth-order valence-corrected chi connectivity index (χ4v) is 2.52. The van der Waals surface area contributed by atoms with E-state index in [0.717, 1.165) is 52.1 Å². The van der Waals surface area contributed by atoms with Gasteiger partial charge in [0.2, 0.25) is 11.8 Å². The second-order valence-corrected chi connectivity index (χ2v) is 5.37. The summed E-state index contributed by atoms with van der Waals surface area (Å²) in [6.07, 6.45) is 3.65. The molecule has 0 aromatic carbocycles. The zero-order chi connectivity index (χ0) is 14.8. The van der Waals surface area contributed by atoms with Crippen molar-refractivity contribution in [3.05, 3.63) is 0 Å². The van der Waals surface area contributed by atoms with Crippen LogP contribution < -0.4 is 5.32 Å². The van der Waals surface area contributed by atoms with Gasteiger partial charge in [-0.3, -0.25) is 9.59 Å². The molecular weight excluding hydrogens is 254 g/mol. The van der Waals surface area contributed by atoms with Crippen LogP contribution in [0.5, 0.6) is 0 Å². The number of piperazine rings is 1. The van der Waals surface area contributed by atoms with Crippen LogP contribution in [0.25, 0.3) is 0 Å². The van der Waals surface area contributed by atoms with E-state index in [1.54, 1.807) is 0 Å². The summed E-state index contributed by atoms with van der Waals surface area (Å²) in [5.74, 6) is 0.388. The molecule has 0 bridgehead atoms. The van der Waals surface area contributed by atoms with E-state index >= 15 is 0 Å². The summed E-state index contributed by atoms with van der Waals surface area (Å²) in [5, 5.41) is 3.23. The van der Waals surface area contributed by atoms with Gasteiger partial charge in [-0.25, -0.2) is 0 Å². The molecule has 1 saturated heterocycles. The van der Waals surface area contributed by atoms with E-state index in [0.29, 0.717) is 19.3 Å². The van der Waals surface area contributed by atoms with Crippen molar-refractivity contribution < 1.29 is 9.59 Å². The minimum Gasteiger partial charge on any atom is -0.343 e. The van der Waals surface area contributed by atoms with Gasteiger partial charge in [0, 0.05) is 52.1 Å². The summed E-state index contributed by atoms with van der Waals surface area (Å²) in [4.78, 5) is 27.9. The number of nitrogens with one attached hydrogen (secondary N) is 1. The van der Waals surface area contributed by atoms with E-state index in [1.807, 2.05) is 9.80 Å². The maximum atomic E-state index is 12.1. The topological polar surface area (TPSA) is 52.7 Å². The van der Waals surface area contributed by atoms with Crippen molar-refractivity contribution in [3.63, 3.8) is 0 Å². The first kappa shape index (κ1) is 17.0. The van der Waals surface area contributed by atoms with Gasteiger partial charge in [0.15, 0.2) is 0 Å². The fourth-order valence-electron chi connectivity index (χ4n) is 2.52. The lowest BCUT2D eigenvalue weighted by molar-refractivity contribution is -0.133. The van der Waals surface area contributed by atoms with E-state index in [-0.39, 0.29) is 11.8 Å². The standard InChI is InChI=1S/C15H29N3O2/c1-3-10-17(11-4-2)14(19)6-5-7-15(20)18-12-8-16-9-13-18/h16H,3-13H2,1-2H3. The first-order chi connectivity index (χ1) is 9.69. The molecule has 2 amide bonds. The van der Waals surface area contributed by atoms with Gasteiger partial charge in [-0.15, -0.1) is 0 Å². The van der Waals surface area contributed by atoms with Gasteiger partial charge in [-0.1, -0.05) is 13.8 Å². The van der Waals surface area contributed by atoms with Crippen molar-refractivity contribution in [2.75, 3.05) is 39.3 Å². The van der Waals surface area contributed by atoms with Crippen molar-refractivity contribution in [1.82, 2.24) is 15.1 Å². The van der Waals surface area contributed by atoms with Gasteiger partial charge >= 0.3 is 0 Å². The maximum absolute atomic E-state index is 12.1. The summed E-state index contributed by atoms with van der Waals surface area (Å²) >= 11 is 0. The van der Waals surface area contributed by atoms with Crippen molar-refractivity contribution in [1.29, 1.82) is 0 Å². The van der Waals surface area contributed by atoms with Crippen LogP contribution >= 0.6 is 0 Å². The highest BCUT2D eigenvalue weighted by atomic mass is 16.2. The number of carbonyl (C=O) groups is 2. The second kappa shape index (κ2) is 9.75. The molecule has 0 spiro atoms. The molecule has 1 aliphatic rings. The predicted molar refractivity (Wildman–Crippen MR) is 80.5 cm³/mol. The number of nitrogens with zero attached hydrogens (tertiary/aromatic N) is 2. The van der Waals surface area contributed by atoms with Gasteiger partial charge < -0.3 is 15.1 Å². The first-order valence-corrected chi connectivity index (χ1v) is 7.95. The molecule has 1 rings (SSSR count). The van der Waals surface area contributed by atoms with Crippen LogP contribution in [0.4, 0.5) is 0 Å². The Morgan fingerprint density at radius 3 is 2.20 bits per heavy atom. The fraction of sp³-hybridized carbons (Fsp3) is 0.867. The number of rotatable bonds is 8. The molecule has 5 nitrogen and oxygen atoms in total. The molecule has 1 heterocycles. The summed E-state index contributed by atoms with van der Waals surface area (Å²) in [6, 6.07) is 0. The van der Waals surface area contributed by atoms with Crippen molar-refractivity contribution in [2.24, 2.45) is 0 Å². The molecule has 1 fully saturated rings. The Morgan fingerprint density at radius 1 is 1.05 bits per heavy atom. The molecule has 1 N–H and O–H groups in total. The molecule has 1 aliphatic heterocycles. The van der Waals surface area contributed by atoms with Crippen LogP contribution in [0.1, 0.15) is 46.0 Å². The monoisotopic (exact) mass is 283 g/mol. The Morgan fingerprint density at radius 2 is 1.65 bits per heavy atom. The summed E-state index contributed by atoms with van der Waals surface area (Å²) in [5.41, 5.74) is 0. The maximum Gasteiger partial charge on any atom is 0.222 e. The summed E-state index contributed by atoms with van der Waals surface area (Å²) in [7, 11) is 0. The highest BCUT2D eigenvalue weighted by molar-refractivity contribution is 5.79. The molecule has 20 heavy (non-hydrogen) atoms. The highest BCUT2D eigenvalue weighted by Crippen LogP contribution is 2.06. The molecule has 0 unspecified atom stereocenters. The Labute approximate surface area is 122 Å². The second-order valence-electron chi connectivity index (χ2n) is 5.37. The van der Waals surface area contributed by atoms with Gasteiger partial charge in [-0.2, -0.15) is 0 Å². The Bertz CT molecular complexity index is 295. The smallest absolute Gasteiger partial charge is 0.222 e. The summed E-state index contributed by atoms with van der Waals surface area (Å²) in [6.45, 7) is 9.19. The molecule has 5 heteroatoms. The van der Waals surface area contributed by atoms with Crippen LogP contribution in [0.15, 0.2) is 0 Å². The normalized spacial score (nSPS) is 15.2. The lowest BCUT2D eigenvalue weighted by Crippen LogP contribution is -2.46. The number of amides is 2. The quantitative estimate of drug-likeness (QED) is 0.729. The van der Waals surface area contributed by atoms with Crippen LogP contribution in [0.3, 0.4) is 0 Å². The Hall–Kier alpha value is -1.10. The van der Waals surface area contributed by atoms with Crippen molar-refractivity contribution in [2.45, 2.75) is 46.0 Å². The lowest BCUT2D eigenvalue weighted by Gasteiger charge is -2.27. The zero-order valence-electron chi connectivity index (χ0n) is 13.0. The van der Waals surface area contributed by atoms with Crippen LogP contribution in [0, 0.1) is 0 Å². The SMILES string of the molecule is CCCN(CCC)C(=O)CCCC(=O)N1CCNCC1. The van der Waals surface area contributed by atoms with Crippen molar-refractivity contribution in [3.8, 4) is 0 Å². The molecule has 0 atom stereocenters. The lowest BCUT2D eigenvalue weighted by atomic mass is 10.2. The molecule has 0 saturated carbocycles. The third-order valence-corrected chi connectivity index (χ3v) is 3.59. The molecule has 116 valence electrons. The number of carbonyl (C=O) groups excluding carboxylic acids is 2.